The normalized spacial score (nSPS) is 18.0. The van der Waals surface area contributed by atoms with Gasteiger partial charge in [-0.1, -0.05) is 18.2 Å². The van der Waals surface area contributed by atoms with Crippen molar-refractivity contribution in [1.29, 1.82) is 0 Å². The second kappa shape index (κ2) is 9.77. The number of amides is 1. The molecule has 0 radical (unpaired) electrons. The number of benzene rings is 1. The molecule has 3 heterocycles. The quantitative estimate of drug-likeness (QED) is 0.504. The third kappa shape index (κ3) is 5.10. The average Bonchev–Trinajstić information content (AvgIpc) is 2.85. The van der Waals surface area contributed by atoms with Gasteiger partial charge in [0.15, 0.2) is 0 Å². The fourth-order valence-electron chi connectivity index (χ4n) is 3.95. The van der Waals surface area contributed by atoms with Gasteiger partial charge < -0.3 is 9.80 Å². The molecule has 1 aromatic carbocycles. The van der Waals surface area contributed by atoms with Gasteiger partial charge in [-0.15, -0.1) is 4.91 Å². The first-order valence-electron chi connectivity index (χ1n) is 10.7. The van der Waals surface area contributed by atoms with Crippen LogP contribution >= 0.6 is 0 Å². The van der Waals surface area contributed by atoms with Crippen molar-refractivity contribution in [1.82, 2.24) is 19.6 Å². The summed E-state index contributed by atoms with van der Waals surface area (Å²) in [6, 6.07) is 11.4. The minimum Gasteiger partial charge on any atom is -0.369 e. The summed E-state index contributed by atoms with van der Waals surface area (Å²) in [7, 11) is -1.62. The van der Waals surface area contributed by atoms with Crippen molar-refractivity contribution in [3.05, 3.63) is 59.2 Å². The predicted octanol–water partition coefficient (Wildman–Crippen LogP) is 1.62. The Morgan fingerprint density at radius 1 is 1.03 bits per heavy atom. The van der Waals surface area contributed by atoms with Crippen LogP contribution in [0.5, 0.6) is 0 Å². The van der Waals surface area contributed by atoms with Gasteiger partial charge in [0.1, 0.15) is 4.90 Å². The molecule has 1 fully saturated rings. The van der Waals surface area contributed by atoms with Crippen LogP contribution in [0.1, 0.15) is 6.42 Å². The van der Waals surface area contributed by atoms with Crippen molar-refractivity contribution in [3.63, 3.8) is 0 Å². The van der Waals surface area contributed by atoms with Crippen molar-refractivity contribution in [3.8, 4) is 11.3 Å². The summed E-state index contributed by atoms with van der Waals surface area (Å²) >= 11 is 0. The Hall–Kier alpha value is -3.15. The maximum Gasteiger partial charge on any atom is 0.269 e. The lowest BCUT2D eigenvalue weighted by molar-refractivity contribution is -0.117. The van der Waals surface area contributed by atoms with Gasteiger partial charge in [0.2, 0.25) is 10.0 Å². The van der Waals surface area contributed by atoms with Crippen LogP contribution in [0.3, 0.4) is 0 Å². The van der Waals surface area contributed by atoms with E-state index in [1.165, 1.54) is 22.3 Å². The first-order chi connectivity index (χ1) is 15.9. The summed E-state index contributed by atoms with van der Waals surface area (Å²) < 4.78 is 27.2. The standard InChI is InChI=1S/C22H26N6O4S/c1-26-12-14-27(15-13-26)19-4-2-17(3-5-19)21-7-6-20(16-23-21)33(31,32)28-10-8-18(9-11-28)22(29)24-25-30/h2-8,16H,9-15H2,1H3,(H,24,29,30). The van der Waals surface area contributed by atoms with E-state index in [-0.39, 0.29) is 24.4 Å². The number of hydrogen-bond donors (Lipinski definition) is 1. The van der Waals surface area contributed by atoms with Crippen molar-refractivity contribution in [2.45, 2.75) is 11.3 Å². The van der Waals surface area contributed by atoms with E-state index >= 15 is 0 Å². The van der Waals surface area contributed by atoms with Crippen LogP contribution in [-0.4, -0.2) is 74.8 Å². The smallest absolute Gasteiger partial charge is 0.269 e. The number of aromatic nitrogens is 1. The monoisotopic (exact) mass is 470 g/mol. The lowest BCUT2D eigenvalue weighted by Gasteiger charge is -2.34. The van der Waals surface area contributed by atoms with E-state index in [9.17, 15) is 18.1 Å². The highest BCUT2D eigenvalue weighted by atomic mass is 32.2. The fourth-order valence-corrected chi connectivity index (χ4v) is 5.28. The summed E-state index contributed by atoms with van der Waals surface area (Å²) in [6.45, 7) is 4.24. The molecule has 0 spiro atoms. The number of carbonyl (C=O) groups is 1. The van der Waals surface area contributed by atoms with Gasteiger partial charge in [0.25, 0.3) is 5.91 Å². The maximum absolute atomic E-state index is 13.0. The Labute approximate surface area is 192 Å². The minimum atomic E-state index is -3.75. The summed E-state index contributed by atoms with van der Waals surface area (Å²) in [4.78, 5) is 31.0. The Balaban J connectivity index is 1.43. The summed E-state index contributed by atoms with van der Waals surface area (Å²) in [5.41, 5.74) is 4.94. The molecule has 2 aliphatic rings. The second-order valence-electron chi connectivity index (χ2n) is 8.09. The first-order valence-corrected chi connectivity index (χ1v) is 12.1. The largest absolute Gasteiger partial charge is 0.369 e. The first kappa shape index (κ1) is 23.0. The molecule has 0 bridgehead atoms. The Kier molecular flexibility index (Phi) is 6.82. The molecule has 0 unspecified atom stereocenters. The topological polar surface area (TPSA) is 115 Å². The van der Waals surface area contributed by atoms with Crippen LogP contribution in [0.25, 0.3) is 11.3 Å². The van der Waals surface area contributed by atoms with Crippen molar-refractivity contribution in [2.75, 3.05) is 51.2 Å². The van der Waals surface area contributed by atoms with Crippen LogP contribution in [0.15, 0.2) is 64.4 Å². The zero-order valence-corrected chi connectivity index (χ0v) is 19.2. The number of hydrogen-bond acceptors (Lipinski definition) is 8. The number of nitrogens with zero attached hydrogens (tertiary/aromatic N) is 5. The third-order valence-electron chi connectivity index (χ3n) is 6.02. The molecule has 0 atom stereocenters. The van der Waals surface area contributed by atoms with Crippen molar-refractivity contribution < 1.29 is 13.2 Å². The molecule has 174 valence electrons. The number of pyridine rings is 1. The molecule has 4 rings (SSSR count). The van der Waals surface area contributed by atoms with E-state index in [4.69, 9.17) is 0 Å². The van der Waals surface area contributed by atoms with E-state index in [1.54, 1.807) is 12.1 Å². The van der Waals surface area contributed by atoms with Crippen LogP contribution in [0.4, 0.5) is 5.69 Å². The number of rotatable bonds is 6. The molecule has 33 heavy (non-hydrogen) atoms. The molecule has 11 heteroatoms. The molecule has 0 aliphatic carbocycles. The zero-order valence-electron chi connectivity index (χ0n) is 18.3. The van der Waals surface area contributed by atoms with Gasteiger partial charge >= 0.3 is 0 Å². The molecule has 0 saturated carbocycles. The van der Waals surface area contributed by atoms with Gasteiger partial charge in [-0.3, -0.25) is 9.78 Å². The van der Waals surface area contributed by atoms with Gasteiger partial charge in [-0.05, 0) is 37.7 Å². The van der Waals surface area contributed by atoms with Crippen LogP contribution in [-0.2, 0) is 14.8 Å². The highest BCUT2D eigenvalue weighted by Gasteiger charge is 2.28. The summed E-state index contributed by atoms with van der Waals surface area (Å²) in [5.74, 6) is -0.605. The van der Waals surface area contributed by atoms with Crippen LogP contribution in [0, 0.1) is 4.91 Å². The number of nitrogens with one attached hydrogen (secondary N) is 1. The van der Waals surface area contributed by atoms with E-state index in [2.05, 4.69) is 39.3 Å². The number of carbonyl (C=O) groups excluding carboxylic acids is 1. The molecule has 2 aromatic rings. The molecule has 2 aliphatic heterocycles. The Bertz CT molecular complexity index is 1140. The predicted molar refractivity (Wildman–Crippen MR) is 125 cm³/mol. The molecule has 1 aromatic heterocycles. The molecule has 1 amide bonds. The van der Waals surface area contributed by atoms with E-state index < -0.39 is 15.9 Å². The maximum atomic E-state index is 13.0. The minimum absolute atomic E-state index is 0.0411. The van der Waals surface area contributed by atoms with Crippen LogP contribution in [0.2, 0.25) is 0 Å². The highest BCUT2D eigenvalue weighted by Crippen LogP contribution is 2.25. The lowest BCUT2D eigenvalue weighted by atomic mass is 10.1. The zero-order chi connectivity index (χ0) is 23.4. The van der Waals surface area contributed by atoms with Gasteiger partial charge in [0.05, 0.1) is 11.0 Å². The summed E-state index contributed by atoms with van der Waals surface area (Å²) in [6.07, 6.45) is 3.05. The van der Waals surface area contributed by atoms with E-state index in [0.717, 1.165) is 31.7 Å². The SMILES string of the molecule is CN1CCN(c2ccc(-c3ccc(S(=O)(=O)N4CC=C(C(=O)NN=O)CC4)cn3)cc2)CC1. The second-order valence-corrected chi connectivity index (χ2v) is 10.0. The molecular formula is C22H26N6O4S. The molecular weight excluding hydrogens is 444 g/mol. The Morgan fingerprint density at radius 3 is 2.33 bits per heavy atom. The number of nitroso groups, excluding NO2 is 1. The van der Waals surface area contributed by atoms with Crippen molar-refractivity contribution in [2.24, 2.45) is 5.29 Å². The number of piperazine rings is 1. The van der Waals surface area contributed by atoms with Crippen molar-refractivity contribution >= 4 is 21.6 Å². The lowest BCUT2D eigenvalue weighted by Crippen LogP contribution is -2.44. The fraction of sp³-hybridized carbons (Fsp3) is 0.364. The molecule has 1 saturated heterocycles. The average molecular weight is 471 g/mol. The van der Waals surface area contributed by atoms with E-state index in [0.29, 0.717) is 11.3 Å². The number of likely N-dealkylation sites (N-methyl/N-ethyl adjacent to an activating group) is 1. The highest BCUT2D eigenvalue weighted by molar-refractivity contribution is 7.89. The van der Waals surface area contributed by atoms with Crippen LogP contribution < -0.4 is 10.3 Å². The molecule has 10 nitrogen and oxygen atoms in total. The Morgan fingerprint density at radius 2 is 1.76 bits per heavy atom. The number of sulfonamides is 1. The van der Waals surface area contributed by atoms with Gasteiger partial charge in [-0.25, -0.2) is 13.8 Å². The third-order valence-corrected chi connectivity index (χ3v) is 7.87. The molecule has 1 N–H and O–H groups in total. The van der Waals surface area contributed by atoms with Gasteiger partial charge in [-0.2, -0.15) is 4.31 Å². The van der Waals surface area contributed by atoms with Gasteiger partial charge in [0, 0.05) is 62.3 Å². The number of anilines is 1. The summed E-state index contributed by atoms with van der Waals surface area (Å²) in [5, 5.41) is 2.36. The van der Waals surface area contributed by atoms with E-state index in [1.807, 2.05) is 17.6 Å².